The van der Waals surface area contributed by atoms with Crippen molar-refractivity contribution in [3.63, 3.8) is 0 Å². The van der Waals surface area contributed by atoms with Gasteiger partial charge in [0.25, 0.3) is 5.91 Å². The number of nitrogens with two attached hydrogens (primary N) is 1. The summed E-state index contributed by atoms with van der Waals surface area (Å²) in [5, 5.41) is 7.98. The van der Waals surface area contributed by atoms with Gasteiger partial charge in [-0.3, -0.25) is 9.59 Å². The molecule has 3 rings (SSSR count). The van der Waals surface area contributed by atoms with Crippen LogP contribution in [0.15, 0.2) is 23.1 Å². The number of sulfonamides is 1. The van der Waals surface area contributed by atoms with E-state index in [0.717, 1.165) is 12.8 Å². The minimum atomic E-state index is -3.86. The third-order valence-corrected chi connectivity index (χ3v) is 6.25. The van der Waals surface area contributed by atoms with E-state index in [0.29, 0.717) is 31.1 Å². The smallest absolute Gasteiger partial charge is 0.251 e. The average molecular weight is 379 g/mol. The maximum Gasteiger partial charge on any atom is 0.251 e. The Morgan fingerprint density at radius 3 is 2.65 bits per heavy atom. The minimum absolute atomic E-state index is 0.0864. The highest BCUT2D eigenvalue weighted by molar-refractivity contribution is 7.89. The van der Waals surface area contributed by atoms with Gasteiger partial charge in [-0.05, 0) is 37.5 Å². The summed E-state index contributed by atoms with van der Waals surface area (Å²) in [6.07, 6.45) is 4.95. The second kappa shape index (κ2) is 7.36. The molecule has 0 radical (unpaired) electrons. The number of aryl methyl sites for hydroxylation is 1. The van der Waals surface area contributed by atoms with Crippen molar-refractivity contribution in [2.45, 2.75) is 50.0 Å². The summed E-state index contributed by atoms with van der Waals surface area (Å²) in [6, 6.07) is 4.61. The summed E-state index contributed by atoms with van der Waals surface area (Å²) in [7, 11) is -3.86. The zero-order chi connectivity index (χ0) is 18.9. The highest BCUT2D eigenvalue weighted by Crippen LogP contribution is 2.29. The second-order valence-corrected chi connectivity index (χ2v) is 8.85. The maximum atomic E-state index is 12.5. The van der Waals surface area contributed by atoms with Gasteiger partial charge in [-0.15, -0.1) is 0 Å². The fourth-order valence-corrected chi connectivity index (χ4v) is 4.41. The molecule has 8 heteroatoms. The monoisotopic (exact) mass is 379 g/mol. The molecule has 3 N–H and O–H groups in total. The van der Waals surface area contributed by atoms with Gasteiger partial charge in [0.2, 0.25) is 15.9 Å². The fraction of sp³-hybridized carbons (Fsp3) is 0.556. The summed E-state index contributed by atoms with van der Waals surface area (Å²) in [5.74, 6) is -0.0860. The van der Waals surface area contributed by atoms with Gasteiger partial charge < -0.3 is 10.2 Å². The number of rotatable bonds is 5. The molecular formula is C18H25N3O4S. The molecule has 1 saturated carbocycles. The van der Waals surface area contributed by atoms with Crippen molar-refractivity contribution in [3.8, 4) is 0 Å². The van der Waals surface area contributed by atoms with Crippen molar-refractivity contribution < 1.29 is 18.0 Å². The third kappa shape index (κ3) is 4.07. The van der Waals surface area contributed by atoms with Crippen LogP contribution in [0.2, 0.25) is 0 Å². The number of nitrogens with one attached hydrogen (secondary N) is 1. The van der Waals surface area contributed by atoms with Crippen LogP contribution in [0.25, 0.3) is 0 Å². The molecule has 26 heavy (non-hydrogen) atoms. The van der Waals surface area contributed by atoms with Crippen molar-refractivity contribution in [2.75, 3.05) is 13.1 Å². The molecule has 1 saturated heterocycles. The topological polar surface area (TPSA) is 110 Å². The van der Waals surface area contributed by atoms with Crippen LogP contribution in [0.3, 0.4) is 0 Å². The Kier molecular flexibility index (Phi) is 5.34. The molecule has 0 bridgehead atoms. The first-order valence-electron chi connectivity index (χ1n) is 8.97. The molecule has 2 aliphatic rings. The molecule has 7 nitrogen and oxygen atoms in total. The highest BCUT2D eigenvalue weighted by atomic mass is 32.2. The predicted molar refractivity (Wildman–Crippen MR) is 97.0 cm³/mol. The standard InChI is InChI=1S/C18H25N3O4S/c1-12-6-7-15(26(19,24)25)9-16(12)18(23)20-10-13-8-17(22)21(11-13)14-4-2-3-5-14/h6-7,9,13-14H,2-5,8,10-11H2,1H3,(H,20,23)(H2,19,24,25). The van der Waals surface area contributed by atoms with E-state index >= 15 is 0 Å². The molecule has 1 atom stereocenters. The molecular weight excluding hydrogens is 354 g/mol. The summed E-state index contributed by atoms with van der Waals surface area (Å²) in [4.78, 5) is 26.6. The van der Waals surface area contributed by atoms with Gasteiger partial charge in [-0.2, -0.15) is 0 Å². The number of hydrogen-bond acceptors (Lipinski definition) is 4. The number of carbonyl (C=O) groups excluding carboxylic acids is 2. The molecule has 0 aromatic heterocycles. The summed E-state index contributed by atoms with van der Waals surface area (Å²) in [6.45, 7) is 2.82. The lowest BCUT2D eigenvalue weighted by Gasteiger charge is -2.24. The second-order valence-electron chi connectivity index (χ2n) is 7.29. The zero-order valence-corrected chi connectivity index (χ0v) is 15.7. The van der Waals surface area contributed by atoms with Crippen molar-refractivity contribution in [2.24, 2.45) is 11.1 Å². The van der Waals surface area contributed by atoms with E-state index in [1.165, 1.54) is 25.0 Å². The van der Waals surface area contributed by atoms with Crippen molar-refractivity contribution in [1.29, 1.82) is 0 Å². The van der Waals surface area contributed by atoms with Crippen LogP contribution in [0.4, 0.5) is 0 Å². The Balaban J connectivity index is 1.62. The van der Waals surface area contributed by atoms with Crippen LogP contribution in [-0.4, -0.2) is 44.3 Å². The molecule has 1 aromatic carbocycles. The minimum Gasteiger partial charge on any atom is -0.352 e. The van der Waals surface area contributed by atoms with E-state index in [4.69, 9.17) is 5.14 Å². The van der Waals surface area contributed by atoms with Crippen molar-refractivity contribution in [1.82, 2.24) is 10.2 Å². The van der Waals surface area contributed by atoms with Crippen LogP contribution in [0, 0.1) is 12.8 Å². The Hall–Kier alpha value is -1.93. The summed E-state index contributed by atoms with van der Waals surface area (Å²) in [5.41, 5.74) is 0.957. The van der Waals surface area contributed by atoms with E-state index in [-0.39, 0.29) is 28.2 Å². The van der Waals surface area contributed by atoms with Gasteiger partial charge in [-0.25, -0.2) is 13.6 Å². The van der Waals surface area contributed by atoms with Crippen molar-refractivity contribution >= 4 is 21.8 Å². The molecule has 1 heterocycles. The van der Waals surface area contributed by atoms with E-state index in [1.54, 1.807) is 13.0 Å². The first-order chi connectivity index (χ1) is 12.3. The Bertz CT molecular complexity index is 816. The molecule has 1 unspecified atom stereocenters. The average Bonchev–Trinajstić information content (AvgIpc) is 3.21. The third-order valence-electron chi connectivity index (χ3n) is 5.34. The summed E-state index contributed by atoms with van der Waals surface area (Å²) < 4.78 is 23.0. The van der Waals surface area contributed by atoms with Crippen LogP contribution in [0.1, 0.15) is 48.0 Å². The molecule has 142 valence electrons. The zero-order valence-electron chi connectivity index (χ0n) is 14.9. The van der Waals surface area contributed by atoms with E-state index in [2.05, 4.69) is 5.32 Å². The molecule has 1 aromatic rings. The molecule has 1 aliphatic heterocycles. The normalized spacial score (nSPS) is 21.4. The predicted octanol–water partition coefficient (Wildman–Crippen LogP) is 1.16. The number of likely N-dealkylation sites (tertiary alicyclic amines) is 1. The Morgan fingerprint density at radius 1 is 1.31 bits per heavy atom. The van der Waals surface area contributed by atoms with Gasteiger partial charge >= 0.3 is 0 Å². The lowest BCUT2D eigenvalue weighted by molar-refractivity contribution is -0.129. The number of benzene rings is 1. The van der Waals surface area contributed by atoms with E-state index in [1.807, 2.05) is 4.90 Å². The first-order valence-corrected chi connectivity index (χ1v) is 10.5. The van der Waals surface area contributed by atoms with Gasteiger partial charge in [0.15, 0.2) is 0 Å². The maximum absolute atomic E-state index is 12.5. The number of amides is 2. The van der Waals surface area contributed by atoms with Gasteiger partial charge in [0, 0.05) is 37.0 Å². The quantitative estimate of drug-likeness (QED) is 0.800. The first kappa shape index (κ1) is 18.8. The molecule has 2 amide bonds. The number of nitrogens with zero attached hydrogens (tertiary/aromatic N) is 1. The largest absolute Gasteiger partial charge is 0.352 e. The van der Waals surface area contributed by atoms with Crippen LogP contribution in [0.5, 0.6) is 0 Å². The molecule has 2 fully saturated rings. The lowest BCUT2D eigenvalue weighted by atomic mass is 10.1. The van der Waals surface area contributed by atoms with Crippen LogP contribution >= 0.6 is 0 Å². The fourth-order valence-electron chi connectivity index (χ4n) is 3.87. The lowest BCUT2D eigenvalue weighted by Crippen LogP contribution is -2.36. The van der Waals surface area contributed by atoms with E-state index < -0.39 is 10.0 Å². The molecule has 1 aliphatic carbocycles. The van der Waals surface area contributed by atoms with Crippen LogP contribution < -0.4 is 10.5 Å². The molecule has 0 spiro atoms. The Morgan fingerprint density at radius 2 is 2.00 bits per heavy atom. The van der Waals surface area contributed by atoms with E-state index in [9.17, 15) is 18.0 Å². The van der Waals surface area contributed by atoms with Gasteiger partial charge in [-0.1, -0.05) is 18.9 Å². The highest BCUT2D eigenvalue weighted by Gasteiger charge is 2.35. The van der Waals surface area contributed by atoms with Crippen molar-refractivity contribution in [3.05, 3.63) is 29.3 Å². The number of hydrogen-bond donors (Lipinski definition) is 2. The number of carbonyl (C=O) groups is 2. The van der Waals surface area contributed by atoms with Gasteiger partial charge in [0.1, 0.15) is 0 Å². The summed E-state index contributed by atoms with van der Waals surface area (Å²) >= 11 is 0. The SMILES string of the molecule is Cc1ccc(S(N)(=O)=O)cc1C(=O)NCC1CC(=O)N(C2CCCC2)C1. The van der Waals surface area contributed by atoms with Gasteiger partial charge in [0.05, 0.1) is 4.90 Å². The van der Waals surface area contributed by atoms with Crippen LogP contribution in [-0.2, 0) is 14.8 Å². The number of primary sulfonamides is 1. The Labute approximate surface area is 154 Å².